The van der Waals surface area contributed by atoms with Crippen LogP contribution in [0.15, 0.2) is 4.99 Å². The Hall–Kier alpha value is -0.180. The van der Waals surface area contributed by atoms with Crippen LogP contribution in [0.25, 0.3) is 0 Å². The second-order valence-electron chi connectivity index (χ2n) is 3.47. The first kappa shape index (κ1) is 9.90. The molecule has 1 N–H and O–H groups in total. The van der Waals surface area contributed by atoms with Crippen LogP contribution in [0.1, 0.15) is 27.2 Å². The highest BCUT2D eigenvalue weighted by molar-refractivity contribution is 8.14. The van der Waals surface area contributed by atoms with E-state index in [9.17, 15) is 0 Å². The average Bonchev–Trinajstić information content (AvgIpc) is 2.47. The van der Waals surface area contributed by atoms with Crippen molar-refractivity contribution in [2.75, 3.05) is 13.1 Å². The van der Waals surface area contributed by atoms with Crippen LogP contribution in [-0.4, -0.2) is 23.5 Å². The van der Waals surface area contributed by atoms with Gasteiger partial charge in [0.25, 0.3) is 0 Å². The van der Waals surface area contributed by atoms with Crippen LogP contribution in [0.2, 0.25) is 0 Å². The van der Waals surface area contributed by atoms with E-state index in [1.807, 2.05) is 11.8 Å². The molecule has 0 spiro atoms. The van der Waals surface area contributed by atoms with E-state index in [2.05, 4.69) is 31.1 Å². The maximum Gasteiger partial charge on any atom is 0.156 e. The van der Waals surface area contributed by atoms with Crippen molar-refractivity contribution in [3.05, 3.63) is 0 Å². The quantitative estimate of drug-likeness (QED) is 0.730. The van der Waals surface area contributed by atoms with E-state index < -0.39 is 0 Å². The molecular formula is C9H18N2S. The Balaban J connectivity index is 2.16. The van der Waals surface area contributed by atoms with Gasteiger partial charge in [0, 0.05) is 11.8 Å². The Morgan fingerprint density at radius 1 is 1.75 bits per heavy atom. The summed E-state index contributed by atoms with van der Waals surface area (Å²) in [5.41, 5.74) is 0. The Labute approximate surface area is 79.2 Å². The summed E-state index contributed by atoms with van der Waals surface area (Å²) in [4.78, 5) is 4.39. The molecule has 0 fully saturated rings. The van der Waals surface area contributed by atoms with E-state index in [1.54, 1.807) is 0 Å². The van der Waals surface area contributed by atoms with Crippen molar-refractivity contribution < 1.29 is 0 Å². The fraction of sp³-hybridized carbons (Fsp3) is 0.889. The Morgan fingerprint density at radius 3 is 3.00 bits per heavy atom. The highest BCUT2D eigenvalue weighted by Gasteiger charge is 2.14. The summed E-state index contributed by atoms with van der Waals surface area (Å²) in [6.45, 7) is 8.74. The van der Waals surface area contributed by atoms with Crippen molar-refractivity contribution in [2.24, 2.45) is 10.9 Å². The van der Waals surface area contributed by atoms with Crippen LogP contribution in [0, 0.1) is 5.92 Å². The number of aliphatic imine (C=N–C) groups is 1. The van der Waals surface area contributed by atoms with Crippen LogP contribution in [0.5, 0.6) is 0 Å². The third-order valence-electron chi connectivity index (χ3n) is 2.10. The zero-order valence-corrected chi connectivity index (χ0v) is 8.95. The van der Waals surface area contributed by atoms with Gasteiger partial charge in [-0.2, -0.15) is 0 Å². The molecule has 3 heteroatoms. The van der Waals surface area contributed by atoms with Gasteiger partial charge in [-0.1, -0.05) is 39.0 Å². The topological polar surface area (TPSA) is 24.4 Å². The number of hydrogen-bond donors (Lipinski definition) is 1. The van der Waals surface area contributed by atoms with Crippen molar-refractivity contribution in [2.45, 2.75) is 32.4 Å². The van der Waals surface area contributed by atoms with Crippen LogP contribution < -0.4 is 5.32 Å². The van der Waals surface area contributed by atoms with Crippen molar-refractivity contribution in [1.29, 1.82) is 0 Å². The number of thioether (sulfide) groups is 1. The fourth-order valence-electron chi connectivity index (χ4n) is 0.980. The van der Waals surface area contributed by atoms with Gasteiger partial charge in [0.15, 0.2) is 5.17 Å². The standard InChI is InChI=1S/C9H18N2S/c1-4-7(2)5-10-9-11-6-8(3)12-9/h7-8H,4-6H2,1-3H3,(H,10,11). The van der Waals surface area contributed by atoms with Gasteiger partial charge in [-0.05, 0) is 5.92 Å². The van der Waals surface area contributed by atoms with Crippen LogP contribution in [0.3, 0.4) is 0 Å². The molecule has 12 heavy (non-hydrogen) atoms. The molecule has 1 heterocycles. The minimum atomic E-state index is 0.671. The summed E-state index contributed by atoms with van der Waals surface area (Å²) in [6.07, 6.45) is 1.24. The van der Waals surface area contributed by atoms with Gasteiger partial charge in [-0.25, -0.2) is 0 Å². The number of amidine groups is 1. The monoisotopic (exact) mass is 186 g/mol. The zero-order valence-electron chi connectivity index (χ0n) is 8.13. The van der Waals surface area contributed by atoms with Gasteiger partial charge >= 0.3 is 0 Å². The molecule has 70 valence electrons. The summed E-state index contributed by atoms with van der Waals surface area (Å²) < 4.78 is 0. The molecule has 2 nitrogen and oxygen atoms in total. The van der Waals surface area contributed by atoms with Gasteiger partial charge in [-0.15, -0.1) is 0 Å². The molecule has 0 bridgehead atoms. The minimum absolute atomic E-state index is 0.671. The first-order valence-corrected chi connectivity index (χ1v) is 5.55. The number of hydrogen-bond acceptors (Lipinski definition) is 3. The third kappa shape index (κ3) is 3.05. The van der Waals surface area contributed by atoms with Gasteiger partial charge < -0.3 is 5.32 Å². The van der Waals surface area contributed by atoms with E-state index in [1.165, 1.54) is 6.42 Å². The SMILES string of the molecule is CCC(C)CNC1=NCC(C)S1. The molecule has 1 aliphatic heterocycles. The lowest BCUT2D eigenvalue weighted by Crippen LogP contribution is -2.24. The van der Waals surface area contributed by atoms with Crippen molar-refractivity contribution >= 4 is 16.9 Å². The smallest absolute Gasteiger partial charge is 0.156 e. The molecule has 1 rings (SSSR count). The minimum Gasteiger partial charge on any atom is -0.365 e. The molecule has 2 unspecified atom stereocenters. The van der Waals surface area contributed by atoms with Crippen molar-refractivity contribution in [3.8, 4) is 0 Å². The molecule has 0 amide bonds. The lowest BCUT2D eigenvalue weighted by atomic mass is 10.1. The molecular weight excluding hydrogens is 168 g/mol. The Kier molecular flexibility index (Phi) is 3.92. The zero-order chi connectivity index (χ0) is 8.97. The average molecular weight is 186 g/mol. The molecule has 1 aliphatic rings. The summed E-state index contributed by atoms with van der Waals surface area (Å²) in [5, 5.41) is 5.19. The molecule has 0 saturated carbocycles. The maximum atomic E-state index is 4.39. The summed E-state index contributed by atoms with van der Waals surface area (Å²) in [6, 6.07) is 0. The molecule has 0 aromatic heterocycles. The molecule has 0 radical (unpaired) electrons. The van der Waals surface area contributed by atoms with Crippen LogP contribution in [-0.2, 0) is 0 Å². The van der Waals surface area contributed by atoms with Gasteiger partial charge in [0.05, 0.1) is 6.54 Å². The van der Waals surface area contributed by atoms with E-state index in [4.69, 9.17) is 0 Å². The Morgan fingerprint density at radius 2 is 2.50 bits per heavy atom. The predicted octanol–water partition coefficient (Wildman–Crippen LogP) is 2.11. The maximum absolute atomic E-state index is 4.39. The highest BCUT2D eigenvalue weighted by atomic mass is 32.2. The second-order valence-corrected chi connectivity index (χ2v) is 4.90. The summed E-state index contributed by atoms with van der Waals surface area (Å²) in [7, 11) is 0. The predicted molar refractivity (Wildman–Crippen MR) is 56.8 cm³/mol. The fourth-order valence-corrected chi connectivity index (χ4v) is 1.83. The van der Waals surface area contributed by atoms with Crippen molar-refractivity contribution in [3.63, 3.8) is 0 Å². The summed E-state index contributed by atoms with van der Waals surface area (Å²) in [5.74, 6) is 0.754. The lowest BCUT2D eigenvalue weighted by Gasteiger charge is -2.10. The van der Waals surface area contributed by atoms with Gasteiger partial charge in [0.2, 0.25) is 0 Å². The molecule has 0 aromatic rings. The van der Waals surface area contributed by atoms with E-state index in [0.29, 0.717) is 5.25 Å². The molecule has 2 atom stereocenters. The number of nitrogens with zero attached hydrogens (tertiary/aromatic N) is 1. The van der Waals surface area contributed by atoms with Crippen LogP contribution >= 0.6 is 11.8 Å². The normalized spacial score (nSPS) is 25.2. The number of nitrogens with one attached hydrogen (secondary N) is 1. The van der Waals surface area contributed by atoms with Gasteiger partial charge in [0.1, 0.15) is 0 Å². The molecule has 0 aliphatic carbocycles. The number of rotatable bonds is 3. The lowest BCUT2D eigenvalue weighted by molar-refractivity contribution is 0.550. The van der Waals surface area contributed by atoms with Gasteiger partial charge in [-0.3, -0.25) is 4.99 Å². The first-order chi connectivity index (χ1) is 5.72. The second kappa shape index (κ2) is 4.75. The van der Waals surface area contributed by atoms with E-state index in [-0.39, 0.29) is 0 Å². The molecule has 0 saturated heterocycles. The van der Waals surface area contributed by atoms with E-state index >= 15 is 0 Å². The van der Waals surface area contributed by atoms with E-state index in [0.717, 1.165) is 24.2 Å². The highest BCUT2D eigenvalue weighted by Crippen LogP contribution is 2.18. The van der Waals surface area contributed by atoms with Crippen molar-refractivity contribution in [1.82, 2.24) is 5.32 Å². The summed E-state index contributed by atoms with van der Waals surface area (Å²) >= 11 is 1.86. The van der Waals surface area contributed by atoms with Crippen LogP contribution in [0.4, 0.5) is 0 Å². The first-order valence-electron chi connectivity index (χ1n) is 4.67. The molecule has 0 aromatic carbocycles. The third-order valence-corrected chi connectivity index (χ3v) is 3.15. The largest absolute Gasteiger partial charge is 0.365 e. The Bertz CT molecular complexity index is 168.